The average Bonchev–Trinajstić information content (AvgIpc) is 2.98. The molecule has 0 radical (unpaired) electrons. The fraction of sp³-hybridized carbons (Fsp3) is 0. The molecule has 3 rings (SSSR count). The van der Waals surface area contributed by atoms with Crippen molar-refractivity contribution in [3.63, 3.8) is 0 Å². The van der Waals surface area contributed by atoms with Crippen molar-refractivity contribution in [3.05, 3.63) is 35.7 Å². The zero-order valence-electron chi connectivity index (χ0n) is 8.90. The molecule has 0 spiro atoms. The standard InChI is InChI=1S/C11H4N6S/c12-5-7-2-1-3-8(4-7)10-16-17-9(6-13)14-15-11(17)18-10/h1-4H. The van der Waals surface area contributed by atoms with Crippen LogP contribution in [0.5, 0.6) is 0 Å². The number of aromatic nitrogens is 4. The van der Waals surface area contributed by atoms with E-state index >= 15 is 0 Å². The van der Waals surface area contributed by atoms with Gasteiger partial charge in [0.15, 0.2) is 0 Å². The molecule has 0 unspecified atom stereocenters. The summed E-state index contributed by atoms with van der Waals surface area (Å²) in [6.45, 7) is 0. The molecule has 6 nitrogen and oxygen atoms in total. The van der Waals surface area contributed by atoms with E-state index in [1.54, 1.807) is 18.2 Å². The van der Waals surface area contributed by atoms with E-state index < -0.39 is 0 Å². The van der Waals surface area contributed by atoms with Gasteiger partial charge in [-0.1, -0.05) is 23.5 Å². The molecule has 18 heavy (non-hydrogen) atoms. The van der Waals surface area contributed by atoms with Gasteiger partial charge in [0.1, 0.15) is 11.1 Å². The highest BCUT2D eigenvalue weighted by atomic mass is 32.1. The molecule has 0 fully saturated rings. The summed E-state index contributed by atoms with van der Waals surface area (Å²) in [5.41, 5.74) is 1.40. The topological polar surface area (TPSA) is 90.7 Å². The molecule has 2 aromatic heterocycles. The zero-order chi connectivity index (χ0) is 12.5. The molecule has 0 aliphatic carbocycles. The quantitative estimate of drug-likeness (QED) is 0.656. The Balaban J connectivity index is 2.17. The third kappa shape index (κ3) is 1.51. The molecule has 84 valence electrons. The maximum atomic E-state index is 8.85. The van der Waals surface area contributed by atoms with E-state index in [-0.39, 0.29) is 5.82 Å². The first-order valence-electron chi connectivity index (χ1n) is 4.94. The number of nitrogens with zero attached hydrogens (tertiary/aromatic N) is 6. The highest BCUT2D eigenvalue weighted by Gasteiger charge is 2.12. The minimum atomic E-state index is 0.156. The van der Waals surface area contributed by atoms with Crippen molar-refractivity contribution in [1.82, 2.24) is 19.8 Å². The Morgan fingerprint density at radius 2 is 2.06 bits per heavy atom. The average molecular weight is 252 g/mol. The van der Waals surface area contributed by atoms with Crippen LogP contribution in [-0.4, -0.2) is 19.8 Å². The van der Waals surface area contributed by atoms with E-state index in [4.69, 9.17) is 10.5 Å². The molecule has 0 amide bonds. The third-order valence-electron chi connectivity index (χ3n) is 2.33. The van der Waals surface area contributed by atoms with Crippen LogP contribution in [0.15, 0.2) is 24.3 Å². The van der Waals surface area contributed by atoms with E-state index in [0.717, 1.165) is 5.56 Å². The van der Waals surface area contributed by atoms with E-state index in [0.29, 0.717) is 15.5 Å². The van der Waals surface area contributed by atoms with Crippen LogP contribution in [0.25, 0.3) is 15.5 Å². The molecule has 0 atom stereocenters. The van der Waals surface area contributed by atoms with E-state index in [2.05, 4.69) is 21.4 Å². The minimum Gasteiger partial charge on any atom is -0.192 e. The van der Waals surface area contributed by atoms with Crippen LogP contribution in [0.3, 0.4) is 0 Å². The van der Waals surface area contributed by atoms with Gasteiger partial charge in [0.2, 0.25) is 4.96 Å². The first-order valence-corrected chi connectivity index (χ1v) is 5.76. The molecule has 0 saturated carbocycles. The van der Waals surface area contributed by atoms with Crippen molar-refractivity contribution < 1.29 is 0 Å². The lowest BCUT2D eigenvalue weighted by Gasteiger charge is -1.94. The van der Waals surface area contributed by atoms with Crippen LogP contribution in [-0.2, 0) is 0 Å². The number of fused-ring (bicyclic) bond motifs is 1. The van der Waals surface area contributed by atoms with Gasteiger partial charge >= 0.3 is 0 Å². The van der Waals surface area contributed by atoms with Crippen molar-refractivity contribution in [2.24, 2.45) is 0 Å². The van der Waals surface area contributed by atoms with E-state index in [1.807, 2.05) is 12.1 Å². The number of rotatable bonds is 1. The Labute approximate surface area is 105 Å². The van der Waals surface area contributed by atoms with Gasteiger partial charge in [-0.15, -0.1) is 10.2 Å². The Kier molecular flexibility index (Phi) is 2.26. The highest BCUT2D eigenvalue weighted by Crippen LogP contribution is 2.25. The fourth-order valence-corrected chi connectivity index (χ4v) is 2.36. The predicted octanol–water partition coefficient (Wildman–Crippen LogP) is 1.60. The van der Waals surface area contributed by atoms with Crippen molar-refractivity contribution in [1.29, 1.82) is 10.5 Å². The molecule has 0 N–H and O–H groups in total. The third-order valence-corrected chi connectivity index (χ3v) is 3.28. The van der Waals surface area contributed by atoms with Crippen LogP contribution < -0.4 is 0 Å². The molecule has 7 heteroatoms. The summed E-state index contributed by atoms with van der Waals surface area (Å²) in [6, 6.07) is 11.1. The lowest BCUT2D eigenvalue weighted by atomic mass is 10.1. The molecule has 1 aromatic carbocycles. The first-order chi connectivity index (χ1) is 8.81. The van der Waals surface area contributed by atoms with Gasteiger partial charge in [-0.25, -0.2) is 0 Å². The molecule has 0 saturated heterocycles. The largest absolute Gasteiger partial charge is 0.256 e. The minimum absolute atomic E-state index is 0.156. The smallest absolute Gasteiger partial charge is 0.192 e. The summed E-state index contributed by atoms with van der Waals surface area (Å²) >= 11 is 1.32. The molecule has 3 aromatic rings. The van der Waals surface area contributed by atoms with Gasteiger partial charge in [-0.2, -0.15) is 20.1 Å². The van der Waals surface area contributed by atoms with E-state index in [9.17, 15) is 0 Å². The summed E-state index contributed by atoms with van der Waals surface area (Å²) in [4.78, 5) is 0.559. The Hall–Kier alpha value is -2.77. The van der Waals surface area contributed by atoms with Gasteiger partial charge in [0.25, 0.3) is 5.82 Å². The zero-order valence-corrected chi connectivity index (χ0v) is 9.72. The maximum absolute atomic E-state index is 8.85. The van der Waals surface area contributed by atoms with Crippen molar-refractivity contribution in [3.8, 4) is 22.7 Å². The summed E-state index contributed by atoms with van der Waals surface area (Å²) in [5.74, 6) is 0.156. The summed E-state index contributed by atoms with van der Waals surface area (Å²) in [5, 5.41) is 30.2. The number of nitriles is 2. The second-order valence-corrected chi connectivity index (χ2v) is 4.39. The maximum Gasteiger partial charge on any atom is 0.256 e. The second-order valence-electron chi connectivity index (χ2n) is 3.43. The summed E-state index contributed by atoms with van der Waals surface area (Å²) in [6.07, 6.45) is 0. The SMILES string of the molecule is N#Cc1cccc(-c2nn3c(C#N)nnc3s2)c1. The van der Waals surface area contributed by atoms with Gasteiger partial charge < -0.3 is 0 Å². The van der Waals surface area contributed by atoms with Crippen LogP contribution in [0.1, 0.15) is 11.4 Å². The number of hydrogen-bond acceptors (Lipinski definition) is 6. The second kappa shape index (κ2) is 3.91. The van der Waals surface area contributed by atoms with Gasteiger partial charge in [0.05, 0.1) is 11.6 Å². The Bertz CT molecular complexity index is 816. The molecular formula is C11H4N6S. The molecule has 2 heterocycles. The Morgan fingerprint density at radius 1 is 1.17 bits per heavy atom. The lowest BCUT2D eigenvalue weighted by molar-refractivity contribution is 0.933. The van der Waals surface area contributed by atoms with Gasteiger partial charge in [0, 0.05) is 5.56 Å². The highest BCUT2D eigenvalue weighted by molar-refractivity contribution is 7.19. The number of hydrogen-bond donors (Lipinski definition) is 0. The normalized spacial score (nSPS) is 10.1. The molecule has 0 bridgehead atoms. The van der Waals surface area contributed by atoms with Gasteiger partial charge in [-0.3, -0.25) is 0 Å². The van der Waals surface area contributed by atoms with Crippen molar-refractivity contribution in [2.45, 2.75) is 0 Å². The van der Waals surface area contributed by atoms with Crippen LogP contribution >= 0.6 is 11.3 Å². The van der Waals surface area contributed by atoms with Crippen molar-refractivity contribution in [2.75, 3.05) is 0 Å². The number of benzene rings is 1. The fourth-order valence-electron chi connectivity index (χ4n) is 1.53. The molecular weight excluding hydrogens is 248 g/mol. The lowest BCUT2D eigenvalue weighted by Crippen LogP contribution is -1.90. The Morgan fingerprint density at radius 3 is 2.83 bits per heavy atom. The van der Waals surface area contributed by atoms with Crippen molar-refractivity contribution >= 4 is 16.3 Å². The van der Waals surface area contributed by atoms with Crippen LogP contribution in [0, 0.1) is 22.7 Å². The molecule has 0 aliphatic rings. The van der Waals surface area contributed by atoms with Crippen LogP contribution in [0.4, 0.5) is 0 Å². The van der Waals surface area contributed by atoms with E-state index in [1.165, 1.54) is 15.9 Å². The van der Waals surface area contributed by atoms with Crippen LogP contribution in [0.2, 0.25) is 0 Å². The predicted molar refractivity (Wildman–Crippen MR) is 63.5 cm³/mol. The monoisotopic (exact) mass is 252 g/mol. The summed E-state index contributed by atoms with van der Waals surface area (Å²) in [7, 11) is 0. The molecule has 0 aliphatic heterocycles. The van der Waals surface area contributed by atoms with Gasteiger partial charge in [-0.05, 0) is 12.1 Å². The first kappa shape index (κ1) is 10.4. The summed E-state index contributed by atoms with van der Waals surface area (Å²) < 4.78 is 1.40.